The molecule has 1 heteroatoms. The van der Waals surface area contributed by atoms with E-state index in [4.69, 9.17) is 0 Å². The fourth-order valence-electron chi connectivity index (χ4n) is 3.34. The minimum atomic E-state index is -0.587. The lowest BCUT2D eigenvalue weighted by Gasteiger charge is -2.42. The van der Waals surface area contributed by atoms with Crippen LogP contribution in [0, 0.1) is 17.8 Å². The van der Waals surface area contributed by atoms with Crippen LogP contribution in [0.1, 0.15) is 46.5 Å². The lowest BCUT2D eigenvalue weighted by atomic mass is 9.64. The molecule has 0 saturated heterocycles. The second-order valence-corrected chi connectivity index (χ2v) is 6.14. The van der Waals surface area contributed by atoms with Crippen molar-refractivity contribution in [2.45, 2.75) is 52.1 Å². The van der Waals surface area contributed by atoms with E-state index >= 15 is 0 Å². The molecule has 0 aromatic carbocycles. The molecule has 16 heavy (non-hydrogen) atoms. The molecule has 2 rings (SSSR count). The van der Waals surface area contributed by atoms with E-state index in [1.807, 2.05) is 6.92 Å². The van der Waals surface area contributed by atoms with Crippen LogP contribution in [-0.2, 0) is 0 Å². The summed E-state index contributed by atoms with van der Waals surface area (Å²) in [5.74, 6) is 1.89. The second kappa shape index (κ2) is 4.03. The van der Waals surface area contributed by atoms with Crippen LogP contribution in [0.2, 0.25) is 0 Å². The number of aliphatic hydroxyl groups is 1. The normalized spacial score (nSPS) is 39.6. The van der Waals surface area contributed by atoms with E-state index in [2.05, 4.69) is 26.5 Å². The topological polar surface area (TPSA) is 20.2 Å². The second-order valence-electron chi connectivity index (χ2n) is 6.14. The predicted octanol–water partition coefficient (Wildman–Crippen LogP) is 3.70. The Morgan fingerprint density at radius 1 is 1.44 bits per heavy atom. The molecule has 0 aromatic rings. The van der Waals surface area contributed by atoms with Crippen LogP contribution in [0.25, 0.3) is 0 Å². The Morgan fingerprint density at radius 2 is 2.12 bits per heavy atom. The van der Waals surface area contributed by atoms with Crippen molar-refractivity contribution in [3.05, 3.63) is 23.8 Å². The molecule has 2 aliphatic rings. The highest BCUT2D eigenvalue weighted by molar-refractivity contribution is 5.31. The van der Waals surface area contributed by atoms with Gasteiger partial charge in [0.25, 0.3) is 0 Å². The van der Waals surface area contributed by atoms with Gasteiger partial charge in [-0.05, 0) is 44.4 Å². The molecule has 0 radical (unpaired) electrons. The van der Waals surface area contributed by atoms with Gasteiger partial charge in [0.1, 0.15) is 0 Å². The Morgan fingerprint density at radius 3 is 2.75 bits per heavy atom. The average Bonchev–Trinajstić information content (AvgIpc) is 2.15. The van der Waals surface area contributed by atoms with Crippen molar-refractivity contribution in [3.8, 4) is 0 Å². The molecule has 0 heterocycles. The lowest BCUT2D eigenvalue weighted by molar-refractivity contribution is 0.0822. The summed E-state index contributed by atoms with van der Waals surface area (Å²) < 4.78 is 0. The average molecular weight is 220 g/mol. The van der Waals surface area contributed by atoms with Gasteiger partial charge in [-0.1, -0.05) is 37.6 Å². The maximum absolute atomic E-state index is 10.2. The molecule has 0 amide bonds. The highest BCUT2D eigenvalue weighted by atomic mass is 16.3. The van der Waals surface area contributed by atoms with Crippen LogP contribution in [0.4, 0.5) is 0 Å². The zero-order valence-corrected chi connectivity index (χ0v) is 10.8. The SMILES string of the molecule is C=C1CC[C@H](C(C)C)C2=CC(C)(O)CC[C@@H]12. The van der Waals surface area contributed by atoms with Crippen LogP contribution in [0.5, 0.6) is 0 Å². The molecule has 1 fully saturated rings. The summed E-state index contributed by atoms with van der Waals surface area (Å²) in [5.41, 5.74) is 2.28. The summed E-state index contributed by atoms with van der Waals surface area (Å²) in [5, 5.41) is 10.2. The van der Waals surface area contributed by atoms with E-state index < -0.39 is 5.60 Å². The van der Waals surface area contributed by atoms with Crippen LogP contribution >= 0.6 is 0 Å². The Kier molecular flexibility index (Phi) is 3.00. The summed E-state index contributed by atoms with van der Waals surface area (Å²) >= 11 is 0. The van der Waals surface area contributed by atoms with E-state index in [0.717, 1.165) is 12.8 Å². The van der Waals surface area contributed by atoms with Crippen molar-refractivity contribution in [2.24, 2.45) is 17.8 Å². The largest absolute Gasteiger partial charge is 0.386 e. The summed E-state index contributed by atoms with van der Waals surface area (Å²) in [6, 6.07) is 0. The Balaban J connectivity index is 2.34. The van der Waals surface area contributed by atoms with Gasteiger partial charge in [-0.25, -0.2) is 0 Å². The molecular formula is C15H24O. The summed E-state index contributed by atoms with van der Waals surface area (Å²) in [6.07, 6.45) is 6.49. The molecule has 3 atom stereocenters. The monoisotopic (exact) mass is 220 g/mol. The molecule has 1 N–H and O–H groups in total. The first-order valence-electron chi connectivity index (χ1n) is 6.53. The summed E-state index contributed by atoms with van der Waals surface area (Å²) in [7, 11) is 0. The van der Waals surface area contributed by atoms with Gasteiger partial charge in [0.15, 0.2) is 0 Å². The van der Waals surface area contributed by atoms with Gasteiger partial charge in [-0.15, -0.1) is 0 Å². The van der Waals surface area contributed by atoms with Crippen LogP contribution in [0.3, 0.4) is 0 Å². The minimum Gasteiger partial charge on any atom is -0.386 e. The minimum absolute atomic E-state index is 0.557. The zero-order valence-electron chi connectivity index (χ0n) is 10.8. The first kappa shape index (κ1) is 11.9. The fourth-order valence-corrected chi connectivity index (χ4v) is 3.34. The quantitative estimate of drug-likeness (QED) is 0.668. The van der Waals surface area contributed by atoms with Gasteiger partial charge in [0.05, 0.1) is 5.60 Å². The third kappa shape index (κ3) is 2.10. The Hall–Kier alpha value is -0.560. The third-order valence-corrected chi connectivity index (χ3v) is 4.32. The number of rotatable bonds is 1. The third-order valence-electron chi connectivity index (χ3n) is 4.32. The van der Waals surface area contributed by atoms with Crippen molar-refractivity contribution in [2.75, 3.05) is 0 Å². The molecule has 0 bridgehead atoms. The zero-order chi connectivity index (χ0) is 11.9. The maximum atomic E-state index is 10.2. The van der Waals surface area contributed by atoms with Crippen molar-refractivity contribution < 1.29 is 5.11 Å². The molecule has 0 spiro atoms. The predicted molar refractivity (Wildman–Crippen MR) is 68.1 cm³/mol. The highest BCUT2D eigenvalue weighted by Gasteiger charge is 2.37. The van der Waals surface area contributed by atoms with Crippen molar-refractivity contribution in [1.29, 1.82) is 0 Å². The molecule has 1 unspecified atom stereocenters. The Bertz CT molecular complexity index is 322. The van der Waals surface area contributed by atoms with Gasteiger partial charge >= 0.3 is 0 Å². The number of hydrogen-bond donors (Lipinski definition) is 1. The fraction of sp³-hybridized carbons (Fsp3) is 0.733. The molecule has 1 nitrogen and oxygen atoms in total. The number of hydrogen-bond acceptors (Lipinski definition) is 1. The van der Waals surface area contributed by atoms with Gasteiger partial charge < -0.3 is 5.11 Å². The standard InChI is InChI=1S/C15H24O/c1-10(2)12-6-5-11(3)13-7-8-15(4,16)9-14(12)13/h9-10,12-13,16H,3,5-8H2,1-2,4H3/t12-,13+,15?/m1/s1. The molecule has 2 aliphatic carbocycles. The van der Waals surface area contributed by atoms with Gasteiger partial charge in [-0.3, -0.25) is 0 Å². The number of allylic oxidation sites excluding steroid dienone is 2. The molecule has 0 aromatic heterocycles. The summed E-state index contributed by atoms with van der Waals surface area (Å²) in [6.45, 7) is 10.7. The maximum Gasteiger partial charge on any atom is 0.0802 e. The summed E-state index contributed by atoms with van der Waals surface area (Å²) in [4.78, 5) is 0. The van der Waals surface area contributed by atoms with Gasteiger partial charge in [0, 0.05) is 5.92 Å². The van der Waals surface area contributed by atoms with Crippen molar-refractivity contribution in [1.82, 2.24) is 0 Å². The van der Waals surface area contributed by atoms with Gasteiger partial charge in [0.2, 0.25) is 0 Å². The van der Waals surface area contributed by atoms with Crippen LogP contribution < -0.4 is 0 Å². The van der Waals surface area contributed by atoms with E-state index in [1.54, 1.807) is 0 Å². The first-order chi connectivity index (χ1) is 7.41. The highest BCUT2D eigenvalue weighted by Crippen LogP contribution is 2.47. The van der Waals surface area contributed by atoms with E-state index in [9.17, 15) is 5.11 Å². The molecular weight excluding hydrogens is 196 g/mol. The van der Waals surface area contributed by atoms with Crippen LogP contribution in [-0.4, -0.2) is 10.7 Å². The smallest absolute Gasteiger partial charge is 0.0802 e. The van der Waals surface area contributed by atoms with Crippen molar-refractivity contribution >= 4 is 0 Å². The molecule has 90 valence electrons. The van der Waals surface area contributed by atoms with E-state index in [-0.39, 0.29) is 0 Å². The van der Waals surface area contributed by atoms with E-state index in [1.165, 1.54) is 24.0 Å². The first-order valence-corrected chi connectivity index (χ1v) is 6.53. The van der Waals surface area contributed by atoms with Gasteiger partial charge in [-0.2, -0.15) is 0 Å². The van der Waals surface area contributed by atoms with Crippen molar-refractivity contribution in [3.63, 3.8) is 0 Å². The molecule has 0 aliphatic heterocycles. The van der Waals surface area contributed by atoms with E-state index in [0.29, 0.717) is 17.8 Å². The number of fused-ring (bicyclic) bond motifs is 1. The molecule has 1 saturated carbocycles. The Labute approximate surface area is 99.3 Å². The van der Waals surface area contributed by atoms with Crippen LogP contribution in [0.15, 0.2) is 23.8 Å². The lowest BCUT2D eigenvalue weighted by Crippen LogP contribution is -2.34.